The number of hydrogen-bond donors (Lipinski definition) is 0. The van der Waals surface area contributed by atoms with Gasteiger partial charge in [0.2, 0.25) is 0 Å². The van der Waals surface area contributed by atoms with Crippen LogP contribution in [0.4, 0.5) is 0 Å². The molecule has 0 saturated carbocycles. The SMILES string of the molecule is COc1ccc(CN(C(=O)c2ccccc2Br)[C@H]2CCS(=O)(=O)C2)cc1. The second kappa shape index (κ2) is 7.80. The molecule has 1 aliphatic heterocycles. The fourth-order valence-corrected chi connectivity index (χ4v) is 5.29. The minimum absolute atomic E-state index is 0.0132. The topological polar surface area (TPSA) is 63.7 Å². The van der Waals surface area contributed by atoms with Crippen molar-refractivity contribution in [3.05, 3.63) is 64.1 Å². The number of nitrogens with zero attached hydrogens (tertiary/aromatic N) is 1. The Morgan fingerprint density at radius 2 is 1.88 bits per heavy atom. The van der Waals surface area contributed by atoms with Gasteiger partial charge in [-0.05, 0) is 52.2 Å². The van der Waals surface area contributed by atoms with Crippen molar-refractivity contribution in [2.45, 2.75) is 19.0 Å². The zero-order valence-corrected chi connectivity index (χ0v) is 16.8. The Bertz CT molecular complexity index is 896. The van der Waals surface area contributed by atoms with E-state index in [1.54, 1.807) is 24.1 Å². The summed E-state index contributed by atoms with van der Waals surface area (Å²) in [4.78, 5) is 14.8. The number of rotatable bonds is 5. The molecule has 1 aliphatic rings. The number of methoxy groups -OCH3 is 1. The van der Waals surface area contributed by atoms with Crippen LogP contribution in [0.2, 0.25) is 0 Å². The Labute approximate surface area is 162 Å². The molecule has 1 atom stereocenters. The predicted octanol–water partition coefficient (Wildman–Crippen LogP) is 3.29. The lowest BCUT2D eigenvalue weighted by Gasteiger charge is -2.29. The fraction of sp³-hybridized carbons (Fsp3) is 0.316. The molecule has 3 rings (SSSR count). The largest absolute Gasteiger partial charge is 0.497 e. The lowest BCUT2D eigenvalue weighted by atomic mass is 10.1. The van der Waals surface area contributed by atoms with Crippen molar-refractivity contribution < 1.29 is 17.9 Å². The third-order valence-corrected chi connectivity index (χ3v) is 6.97. The maximum absolute atomic E-state index is 13.2. The van der Waals surface area contributed by atoms with E-state index in [9.17, 15) is 13.2 Å². The summed E-state index contributed by atoms with van der Waals surface area (Å²) >= 11 is 3.42. The zero-order chi connectivity index (χ0) is 18.7. The lowest BCUT2D eigenvalue weighted by Crippen LogP contribution is -2.40. The summed E-state index contributed by atoms with van der Waals surface area (Å²) in [5.41, 5.74) is 1.46. The molecule has 2 aromatic rings. The van der Waals surface area contributed by atoms with Crippen molar-refractivity contribution in [1.82, 2.24) is 4.90 Å². The highest BCUT2D eigenvalue weighted by Crippen LogP contribution is 2.25. The molecule has 1 fully saturated rings. The van der Waals surface area contributed by atoms with E-state index in [1.165, 1.54) is 0 Å². The molecule has 26 heavy (non-hydrogen) atoms. The average molecular weight is 438 g/mol. The van der Waals surface area contributed by atoms with E-state index in [2.05, 4.69) is 15.9 Å². The number of benzene rings is 2. The number of halogens is 1. The van der Waals surface area contributed by atoms with Crippen LogP contribution in [0.25, 0.3) is 0 Å². The molecule has 1 saturated heterocycles. The van der Waals surface area contributed by atoms with Gasteiger partial charge in [-0.1, -0.05) is 24.3 Å². The van der Waals surface area contributed by atoms with Crippen LogP contribution in [-0.4, -0.2) is 43.9 Å². The molecule has 0 aromatic heterocycles. The first-order chi connectivity index (χ1) is 12.4. The Hall–Kier alpha value is -1.86. The molecule has 0 radical (unpaired) electrons. The van der Waals surface area contributed by atoms with E-state index in [0.29, 0.717) is 23.0 Å². The zero-order valence-electron chi connectivity index (χ0n) is 14.4. The molecule has 0 N–H and O–H groups in total. The van der Waals surface area contributed by atoms with Crippen LogP contribution in [0.3, 0.4) is 0 Å². The van der Waals surface area contributed by atoms with Crippen LogP contribution in [-0.2, 0) is 16.4 Å². The molecule has 7 heteroatoms. The average Bonchev–Trinajstić information content (AvgIpc) is 2.99. The first-order valence-electron chi connectivity index (χ1n) is 8.28. The molecule has 0 unspecified atom stereocenters. The minimum Gasteiger partial charge on any atom is -0.497 e. The molecule has 0 spiro atoms. The number of amides is 1. The first-order valence-corrected chi connectivity index (χ1v) is 10.9. The van der Waals surface area contributed by atoms with Gasteiger partial charge in [-0.25, -0.2) is 8.42 Å². The van der Waals surface area contributed by atoms with Gasteiger partial charge in [0.1, 0.15) is 5.75 Å². The third kappa shape index (κ3) is 4.27. The Balaban J connectivity index is 1.91. The fourth-order valence-electron chi connectivity index (χ4n) is 3.10. The van der Waals surface area contributed by atoms with E-state index in [0.717, 1.165) is 11.3 Å². The van der Waals surface area contributed by atoms with Crippen LogP contribution in [0.15, 0.2) is 53.0 Å². The minimum atomic E-state index is -3.09. The molecule has 0 bridgehead atoms. The Kier molecular flexibility index (Phi) is 5.67. The Morgan fingerprint density at radius 3 is 2.46 bits per heavy atom. The lowest BCUT2D eigenvalue weighted by molar-refractivity contribution is 0.0680. The molecular formula is C19H20BrNO4S. The van der Waals surface area contributed by atoms with Crippen LogP contribution in [0, 0.1) is 0 Å². The second-order valence-electron chi connectivity index (χ2n) is 6.32. The van der Waals surface area contributed by atoms with Crippen LogP contribution in [0.1, 0.15) is 22.3 Å². The monoisotopic (exact) mass is 437 g/mol. The molecule has 2 aromatic carbocycles. The van der Waals surface area contributed by atoms with Gasteiger partial charge < -0.3 is 9.64 Å². The van der Waals surface area contributed by atoms with Gasteiger partial charge in [0.05, 0.1) is 24.2 Å². The summed E-state index contributed by atoms with van der Waals surface area (Å²) in [6, 6.07) is 14.3. The molecule has 0 aliphatic carbocycles. The number of hydrogen-bond acceptors (Lipinski definition) is 4. The van der Waals surface area contributed by atoms with Crippen molar-refractivity contribution in [3.8, 4) is 5.75 Å². The van der Waals surface area contributed by atoms with E-state index < -0.39 is 9.84 Å². The molecular weight excluding hydrogens is 418 g/mol. The quantitative estimate of drug-likeness (QED) is 0.719. The number of carbonyl (C=O) groups excluding carboxylic acids is 1. The maximum atomic E-state index is 13.2. The Morgan fingerprint density at radius 1 is 1.19 bits per heavy atom. The van der Waals surface area contributed by atoms with Gasteiger partial charge in [0.15, 0.2) is 9.84 Å². The van der Waals surface area contributed by atoms with E-state index in [-0.39, 0.29) is 23.5 Å². The summed E-state index contributed by atoms with van der Waals surface area (Å²) in [5, 5.41) is 0. The van der Waals surface area contributed by atoms with Gasteiger partial charge >= 0.3 is 0 Å². The van der Waals surface area contributed by atoms with Gasteiger partial charge in [0.25, 0.3) is 5.91 Å². The van der Waals surface area contributed by atoms with Crippen molar-refractivity contribution in [3.63, 3.8) is 0 Å². The summed E-state index contributed by atoms with van der Waals surface area (Å²) < 4.78 is 29.8. The summed E-state index contributed by atoms with van der Waals surface area (Å²) in [7, 11) is -1.50. The first kappa shape index (κ1) is 18.9. The van der Waals surface area contributed by atoms with Gasteiger partial charge in [0, 0.05) is 17.1 Å². The number of sulfone groups is 1. The van der Waals surface area contributed by atoms with Gasteiger partial charge in [-0.15, -0.1) is 0 Å². The molecule has 1 heterocycles. The van der Waals surface area contributed by atoms with E-state index in [4.69, 9.17) is 4.74 Å². The number of ether oxygens (including phenoxy) is 1. The predicted molar refractivity (Wildman–Crippen MR) is 104 cm³/mol. The van der Waals surface area contributed by atoms with Crippen LogP contribution < -0.4 is 4.74 Å². The molecule has 5 nitrogen and oxygen atoms in total. The summed E-state index contributed by atoms with van der Waals surface area (Å²) in [6.45, 7) is 0.352. The highest BCUT2D eigenvalue weighted by atomic mass is 79.9. The smallest absolute Gasteiger partial charge is 0.255 e. The molecule has 1 amide bonds. The molecule has 138 valence electrons. The second-order valence-corrected chi connectivity index (χ2v) is 9.40. The van der Waals surface area contributed by atoms with E-state index in [1.807, 2.05) is 36.4 Å². The van der Waals surface area contributed by atoms with Crippen molar-refractivity contribution >= 4 is 31.7 Å². The summed E-state index contributed by atoms with van der Waals surface area (Å²) in [6.07, 6.45) is 0.467. The number of carbonyl (C=O) groups is 1. The summed E-state index contributed by atoms with van der Waals surface area (Å²) in [5.74, 6) is 0.704. The van der Waals surface area contributed by atoms with Crippen molar-refractivity contribution in [2.75, 3.05) is 18.6 Å². The van der Waals surface area contributed by atoms with Gasteiger partial charge in [-0.3, -0.25) is 4.79 Å². The maximum Gasteiger partial charge on any atom is 0.255 e. The van der Waals surface area contributed by atoms with Crippen molar-refractivity contribution in [1.29, 1.82) is 0 Å². The van der Waals surface area contributed by atoms with Crippen LogP contribution in [0.5, 0.6) is 5.75 Å². The highest BCUT2D eigenvalue weighted by Gasteiger charge is 2.35. The van der Waals surface area contributed by atoms with Crippen molar-refractivity contribution in [2.24, 2.45) is 0 Å². The highest BCUT2D eigenvalue weighted by molar-refractivity contribution is 9.10. The van der Waals surface area contributed by atoms with Crippen LogP contribution >= 0.6 is 15.9 Å². The third-order valence-electron chi connectivity index (χ3n) is 4.53. The van der Waals surface area contributed by atoms with Gasteiger partial charge in [-0.2, -0.15) is 0 Å². The van der Waals surface area contributed by atoms with E-state index >= 15 is 0 Å². The standard InChI is InChI=1S/C19H20BrNO4S/c1-25-16-8-6-14(7-9-16)12-21(15-10-11-26(23,24)13-15)19(22)17-4-2-3-5-18(17)20/h2-9,15H,10-13H2,1H3/t15-/m0/s1. The normalized spacial score (nSPS) is 18.5.